The van der Waals surface area contributed by atoms with E-state index >= 15 is 0 Å². The highest BCUT2D eigenvalue weighted by molar-refractivity contribution is 6.00. The maximum absolute atomic E-state index is 12.2. The summed E-state index contributed by atoms with van der Waals surface area (Å²) in [7, 11) is 0. The molecule has 2 aromatic rings. The molecule has 7 nitrogen and oxygen atoms in total. The Balaban J connectivity index is 1.85. The second-order valence-corrected chi connectivity index (χ2v) is 5.54. The molecule has 0 aromatic heterocycles. The molecule has 0 aliphatic carbocycles. The van der Waals surface area contributed by atoms with Gasteiger partial charge >= 0.3 is 12.2 Å². The summed E-state index contributed by atoms with van der Waals surface area (Å²) < 4.78 is 10.3. The Morgan fingerprint density at radius 1 is 0.963 bits per heavy atom. The number of rotatable bonds is 6. The van der Waals surface area contributed by atoms with E-state index in [1.807, 2.05) is 60.7 Å². The largest absolute Gasteiger partial charge is 0.444 e. The first-order chi connectivity index (χ1) is 13.1. The van der Waals surface area contributed by atoms with Crippen LogP contribution in [-0.4, -0.2) is 23.0 Å². The van der Waals surface area contributed by atoms with E-state index in [-0.39, 0.29) is 13.2 Å². The number of hydrogen-bond acceptors (Lipinski definition) is 5. The highest BCUT2D eigenvalue weighted by Gasteiger charge is 2.22. The minimum atomic E-state index is -0.825. The van der Waals surface area contributed by atoms with Crippen LogP contribution in [0.4, 0.5) is 9.59 Å². The van der Waals surface area contributed by atoms with Crippen molar-refractivity contribution < 1.29 is 19.1 Å². The Labute approximate surface area is 158 Å². The van der Waals surface area contributed by atoms with Crippen LogP contribution < -0.4 is 5.32 Å². The molecule has 0 saturated carbocycles. The first-order valence-electron chi connectivity index (χ1n) is 8.49. The predicted octanol–water partition coefficient (Wildman–Crippen LogP) is 4.06. The Kier molecular flexibility index (Phi) is 7.84. The number of ether oxygens (including phenoxy) is 2. The molecule has 0 unspecified atom stereocenters. The number of carbonyl (C=O) groups excluding carboxylic acids is 2. The van der Waals surface area contributed by atoms with Gasteiger partial charge in [-0.15, -0.1) is 0 Å². The number of nitrogens with one attached hydrogen (secondary N) is 2. The molecule has 27 heavy (non-hydrogen) atoms. The highest BCUT2D eigenvalue weighted by Crippen LogP contribution is 2.06. The average molecular weight is 368 g/mol. The molecule has 0 spiro atoms. The monoisotopic (exact) mass is 368 g/mol. The van der Waals surface area contributed by atoms with Gasteiger partial charge in [0.1, 0.15) is 13.2 Å². The van der Waals surface area contributed by atoms with Gasteiger partial charge in [0, 0.05) is 0 Å². The van der Waals surface area contributed by atoms with Gasteiger partial charge in [-0.1, -0.05) is 67.6 Å². The van der Waals surface area contributed by atoms with Crippen LogP contribution in [0.25, 0.3) is 0 Å². The summed E-state index contributed by atoms with van der Waals surface area (Å²) in [4.78, 5) is 25.1. The van der Waals surface area contributed by atoms with Crippen molar-refractivity contribution in [3.05, 3.63) is 78.3 Å². The third-order valence-electron chi connectivity index (χ3n) is 3.44. The summed E-state index contributed by atoms with van der Waals surface area (Å²) in [6, 6.07) is 18.3. The number of alkyl carbamates (subject to hydrolysis) is 1. The fraction of sp³-hybridized carbons (Fsp3) is 0.200. The Bertz CT molecular complexity index is 750. The Hall–Kier alpha value is -3.35. The van der Waals surface area contributed by atoms with E-state index in [2.05, 4.69) is 5.32 Å². The van der Waals surface area contributed by atoms with Gasteiger partial charge in [0.2, 0.25) is 5.96 Å². The molecular weight excluding hydrogens is 346 g/mol. The van der Waals surface area contributed by atoms with E-state index in [0.29, 0.717) is 6.42 Å². The lowest BCUT2D eigenvalue weighted by atomic mass is 10.2. The van der Waals surface area contributed by atoms with Crippen LogP contribution in [0.3, 0.4) is 0 Å². The molecule has 0 heterocycles. The summed E-state index contributed by atoms with van der Waals surface area (Å²) in [5.74, 6) is -0.437. The maximum Gasteiger partial charge on any atom is 0.417 e. The van der Waals surface area contributed by atoms with Crippen molar-refractivity contribution in [2.45, 2.75) is 26.6 Å². The fourth-order valence-corrected chi connectivity index (χ4v) is 2.14. The van der Waals surface area contributed by atoms with Crippen molar-refractivity contribution in [3.8, 4) is 0 Å². The molecule has 7 heteroatoms. The zero-order chi connectivity index (χ0) is 19.5. The Morgan fingerprint density at radius 3 is 2.00 bits per heavy atom. The molecule has 0 aliphatic heterocycles. The molecule has 0 bridgehead atoms. The standard InChI is InChI=1S/C20H22N3O4/c1-2-13-23(20(25)27-15-17-11-7-4-8-12-17)18(21)22-19(24)26-14-16-9-5-3-6-10-16/h3-13H,2,14-15H2,1H3,(H2,21,22,24). The first-order valence-corrected chi connectivity index (χ1v) is 8.49. The smallest absolute Gasteiger partial charge is 0.417 e. The lowest BCUT2D eigenvalue weighted by molar-refractivity contribution is 0.119. The lowest BCUT2D eigenvalue weighted by Crippen LogP contribution is -2.45. The van der Waals surface area contributed by atoms with Gasteiger partial charge in [0.15, 0.2) is 0 Å². The molecule has 2 rings (SSSR count). The zero-order valence-corrected chi connectivity index (χ0v) is 15.1. The quantitative estimate of drug-likeness (QED) is 0.594. The van der Waals surface area contributed by atoms with Crippen molar-refractivity contribution in [2.75, 3.05) is 0 Å². The third kappa shape index (κ3) is 6.81. The van der Waals surface area contributed by atoms with E-state index in [1.54, 1.807) is 6.92 Å². The third-order valence-corrected chi connectivity index (χ3v) is 3.44. The molecule has 0 saturated heterocycles. The van der Waals surface area contributed by atoms with Crippen LogP contribution >= 0.6 is 0 Å². The molecule has 0 atom stereocenters. The van der Waals surface area contributed by atoms with Gasteiger partial charge in [-0.3, -0.25) is 10.7 Å². The van der Waals surface area contributed by atoms with Crippen molar-refractivity contribution in [3.63, 3.8) is 0 Å². The molecule has 0 fully saturated rings. The molecule has 2 N–H and O–H groups in total. The van der Waals surface area contributed by atoms with Crippen molar-refractivity contribution in [1.82, 2.24) is 10.2 Å². The molecular formula is C20H22N3O4. The number of guanidine groups is 1. The number of carbonyl (C=O) groups is 2. The highest BCUT2D eigenvalue weighted by atomic mass is 16.6. The van der Waals surface area contributed by atoms with E-state index in [9.17, 15) is 9.59 Å². The summed E-state index contributed by atoms with van der Waals surface area (Å²) in [5.41, 5.74) is 1.64. The van der Waals surface area contributed by atoms with Crippen LogP contribution in [0.1, 0.15) is 24.5 Å². The molecule has 0 aliphatic rings. The van der Waals surface area contributed by atoms with Crippen molar-refractivity contribution in [2.24, 2.45) is 0 Å². The van der Waals surface area contributed by atoms with Gasteiger partial charge in [0.05, 0.1) is 6.54 Å². The minimum Gasteiger partial charge on any atom is -0.444 e. The molecule has 1 radical (unpaired) electrons. The normalized spacial score (nSPS) is 9.96. The average Bonchev–Trinajstić information content (AvgIpc) is 2.70. The van der Waals surface area contributed by atoms with Crippen LogP contribution in [0.15, 0.2) is 60.7 Å². The van der Waals surface area contributed by atoms with Crippen LogP contribution in [0, 0.1) is 12.0 Å². The number of hydrogen-bond donors (Lipinski definition) is 2. The minimum absolute atomic E-state index is 0.0654. The second-order valence-electron chi connectivity index (χ2n) is 5.54. The fourth-order valence-electron chi connectivity index (χ4n) is 2.14. The first kappa shape index (κ1) is 20.0. The topological polar surface area (TPSA) is 91.7 Å². The van der Waals surface area contributed by atoms with E-state index in [1.165, 1.54) is 6.54 Å². The predicted molar refractivity (Wildman–Crippen MR) is 101 cm³/mol. The summed E-state index contributed by atoms with van der Waals surface area (Å²) >= 11 is 0. The maximum atomic E-state index is 12.2. The van der Waals surface area contributed by atoms with Crippen LogP contribution in [0.5, 0.6) is 0 Å². The van der Waals surface area contributed by atoms with Crippen molar-refractivity contribution >= 4 is 18.1 Å². The van der Waals surface area contributed by atoms with Gasteiger partial charge < -0.3 is 9.47 Å². The summed E-state index contributed by atoms with van der Waals surface area (Å²) in [6.45, 7) is 3.39. The number of amides is 2. The van der Waals surface area contributed by atoms with Crippen molar-refractivity contribution in [1.29, 1.82) is 5.41 Å². The van der Waals surface area contributed by atoms with Gasteiger partial charge in [-0.2, -0.15) is 0 Å². The summed E-state index contributed by atoms with van der Waals surface area (Å²) in [5, 5.41) is 10.2. The zero-order valence-electron chi connectivity index (χ0n) is 15.1. The van der Waals surface area contributed by atoms with Gasteiger partial charge in [0.25, 0.3) is 0 Å². The number of benzene rings is 2. The van der Waals surface area contributed by atoms with Gasteiger partial charge in [-0.25, -0.2) is 14.5 Å². The Morgan fingerprint density at radius 2 is 1.48 bits per heavy atom. The van der Waals surface area contributed by atoms with Gasteiger partial charge in [-0.05, 0) is 17.5 Å². The lowest BCUT2D eigenvalue weighted by Gasteiger charge is -2.21. The van der Waals surface area contributed by atoms with Crippen LogP contribution in [0.2, 0.25) is 0 Å². The second kappa shape index (κ2) is 10.6. The molecule has 2 aromatic carbocycles. The SMILES string of the molecule is CC[CH]N(C(=N)NC(=O)OCc1ccccc1)C(=O)OCc1ccccc1. The van der Waals surface area contributed by atoms with E-state index in [4.69, 9.17) is 14.9 Å². The van der Waals surface area contributed by atoms with E-state index < -0.39 is 18.1 Å². The van der Waals surface area contributed by atoms with Crippen LogP contribution in [-0.2, 0) is 22.7 Å². The molecule has 2 amide bonds. The summed E-state index contributed by atoms with van der Waals surface area (Å²) in [6.07, 6.45) is -1.10. The van der Waals surface area contributed by atoms with E-state index in [0.717, 1.165) is 16.0 Å². The number of nitrogens with zero attached hydrogens (tertiary/aromatic N) is 1. The molecule has 141 valence electrons.